The molecule has 2 rings (SSSR count). The largest absolute Gasteiger partial charge is 0.341 e. The molecule has 2 aliphatic rings. The molecule has 7 heteroatoms. The summed E-state index contributed by atoms with van der Waals surface area (Å²) in [6.45, 7) is 1.57. The number of nitrogens with two attached hydrogens (primary N) is 1. The number of carbonyl (C=O) groups is 1. The average Bonchev–Trinajstić information content (AvgIpc) is 2.45. The highest BCUT2D eigenvalue weighted by Crippen LogP contribution is 2.37. The summed E-state index contributed by atoms with van der Waals surface area (Å²) in [5, 5.41) is 0. The summed E-state index contributed by atoms with van der Waals surface area (Å²) >= 11 is 0. The maximum absolute atomic E-state index is 12.9. The lowest BCUT2D eigenvalue weighted by Crippen LogP contribution is -2.55. The van der Waals surface area contributed by atoms with Crippen LogP contribution in [0.15, 0.2) is 0 Å². The summed E-state index contributed by atoms with van der Waals surface area (Å²) in [6.07, 6.45) is 7.80. The van der Waals surface area contributed by atoms with E-state index in [2.05, 4.69) is 4.72 Å². The fourth-order valence-electron chi connectivity index (χ4n) is 3.63. The number of rotatable bonds is 4. The van der Waals surface area contributed by atoms with E-state index in [1.807, 2.05) is 4.90 Å². The van der Waals surface area contributed by atoms with Crippen LogP contribution in [0.4, 0.5) is 0 Å². The van der Waals surface area contributed by atoms with Crippen molar-refractivity contribution in [3.05, 3.63) is 0 Å². The average molecular weight is 317 g/mol. The van der Waals surface area contributed by atoms with Gasteiger partial charge in [-0.05, 0) is 25.7 Å². The number of carbonyl (C=O) groups excluding carboxylic acids is 1. The molecule has 0 aromatic heterocycles. The highest BCUT2D eigenvalue weighted by molar-refractivity contribution is 7.88. The van der Waals surface area contributed by atoms with Gasteiger partial charge >= 0.3 is 0 Å². The Kier molecular flexibility index (Phi) is 5.27. The van der Waals surface area contributed by atoms with E-state index in [9.17, 15) is 13.2 Å². The molecule has 1 aliphatic carbocycles. The smallest absolute Gasteiger partial charge is 0.230 e. The van der Waals surface area contributed by atoms with Gasteiger partial charge in [0.1, 0.15) is 0 Å². The minimum Gasteiger partial charge on any atom is -0.341 e. The minimum absolute atomic E-state index is 0.129. The van der Waals surface area contributed by atoms with Crippen LogP contribution in [0.3, 0.4) is 0 Å². The summed E-state index contributed by atoms with van der Waals surface area (Å²) in [7, 11) is -3.23. The normalized spacial score (nSPS) is 26.6. The van der Waals surface area contributed by atoms with Crippen molar-refractivity contribution < 1.29 is 13.2 Å². The van der Waals surface area contributed by atoms with E-state index in [0.29, 0.717) is 19.6 Å². The van der Waals surface area contributed by atoms with Crippen LogP contribution in [0.1, 0.15) is 44.9 Å². The van der Waals surface area contributed by atoms with Gasteiger partial charge in [0.2, 0.25) is 15.9 Å². The summed E-state index contributed by atoms with van der Waals surface area (Å²) in [4.78, 5) is 14.7. The van der Waals surface area contributed by atoms with Gasteiger partial charge in [0.25, 0.3) is 0 Å². The van der Waals surface area contributed by atoms with Crippen LogP contribution in [0.25, 0.3) is 0 Å². The van der Waals surface area contributed by atoms with Crippen molar-refractivity contribution in [1.82, 2.24) is 9.62 Å². The number of amides is 1. The van der Waals surface area contributed by atoms with Crippen LogP contribution in [0, 0.1) is 5.41 Å². The maximum Gasteiger partial charge on any atom is 0.230 e. The molecule has 1 saturated carbocycles. The highest BCUT2D eigenvalue weighted by Gasteiger charge is 2.42. The summed E-state index contributed by atoms with van der Waals surface area (Å²) < 4.78 is 25.3. The van der Waals surface area contributed by atoms with Crippen LogP contribution in [-0.2, 0) is 14.8 Å². The van der Waals surface area contributed by atoms with Crippen molar-refractivity contribution in [2.45, 2.75) is 51.0 Å². The fourth-order valence-corrected chi connectivity index (χ4v) is 4.43. The number of hydrogen-bond acceptors (Lipinski definition) is 4. The second kappa shape index (κ2) is 6.62. The lowest BCUT2D eigenvalue weighted by molar-refractivity contribution is -0.145. The molecule has 0 bridgehead atoms. The monoisotopic (exact) mass is 317 g/mol. The van der Waals surface area contributed by atoms with Gasteiger partial charge in [-0.15, -0.1) is 0 Å². The van der Waals surface area contributed by atoms with Crippen molar-refractivity contribution in [2.24, 2.45) is 11.1 Å². The standard InChI is InChI=1S/C14H27N3O3S/c1-21(19,20)16-12-6-5-9-17(10-12)13(18)14(11-15)7-3-2-4-8-14/h12,16H,2-11,15H2,1H3. The Morgan fingerprint density at radius 3 is 2.52 bits per heavy atom. The van der Waals surface area contributed by atoms with Gasteiger partial charge < -0.3 is 10.6 Å². The summed E-state index contributed by atoms with van der Waals surface area (Å²) in [5.74, 6) is 0.129. The Morgan fingerprint density at radius 2 is 1.95 bits per heavy atom. The number of nitrogens with one attached hydrogen (secondary N) is 1. The van der Waals surface area contributed by atoms with Crippen molar-refractivity contribution in [2.75, 3.05) is 25.9 Å². The summed E-state index contributed by atoms with van der Waals surface area (Å²) in [5.41, 5.74) is 5.51. The van der Waals surface area contributed by atoms with E-state index in [0.717, 1.165) is 44.8 Å². The SMILES string of the molecule is CS(=O)(=O)NC1CCCN(C(=O)C2(CN)CCCCC2)C1. The molecule has 1 atom stereocenters. The second-order valence-corrected chi connectivity index (χ2v) is 8.31. The first-order valence-electron chi connectivity index (χ1n) is 7.83. The van der Waals surface area contributed by atoms with Crippen LogP contribution in [0.2, 0.25) is 0 Å². The Hall–Kier alpha value is -0.660. The molecule has 0 aromatic rings. The van der Waals surface area contributed by atoms with Gasteiger partial charge in [-0.25, -0.2) is 13.1 Å². The molecular weight excluding hydrogens is 290 g/mol. The molecule has 3 N–H and O–H groups in total. The zero-order valence-electron chi connectivity index (χ0n) is 12.8. The van der Waals surface area contributed by atoms with Crippen molar-refractivity contribution in [3.63, 3.8) is 0 Å². The van der Waals surface area contributed by atoms with Gasteiger partial charge in [-0.1, -0.05) is 19.3 Å². The number of nitrogens with zero attached hydrogens (tertiary/aromatic N) is 1. The molecule has 21 heavy (non-hydrogen) atoms. The molecule has 1 amide bonds. The second-order valence-electron chi connectivity index (χ2n) is 6.53. The number of piperidine rings is 1. The predicted octanol–water partition coefficient (Wildman–Crippen LogP) is 0.436. The van der Waals surface area contributed by atoms with Gasteiger partial charge in [0.05, 0.1) is 11.7 Å². The predicted molar refractivity (Wildman–Crippen MR) is 82.2 cm³/mol. The fraction of sp³-hybridized carbons (Fsp3) is 0.929. The quantitative estimate of drug-likeness (QED) is 0.787. The van der Waals surface area contributed by atoms with E-state index in [4.69, 9.17) is 5.73 Å². The van der Waals surface area contributed by atoms with E-state index < -0.39 is 15.4 Å². The first-order valence-corrected chi connectivity index (χ1v) is 9.72. The third kappa shape index (κ3) is 4.17. The van der Waals surface area contributed by atoms with Gasteiger partial charge in [0.15, 0.2) is 0 Å². The maximum atomic E-state index is 12.9. The highest BCUT2D eigenvalue weighted by atomic mass is 32.2. The van der Waals surface area contributed by atoms with E-state index >= 15 is 0 Å². The Bertz CT molecular complexity index is 472. The Morgan fingerprint density at radius 1 is 1.29 bits per heavy atom. The minimum atomic E-state index is -3.23. The van der Waals surface area contributed by atoms with Crippen LogP contribution < -0.4 is 10.5 Å². The van der Waals surface area contributed by atoms with Crippen molar-refractivity contribution in [3.8, 4) is 0 Å². The van der Waals surface area contributed by atoms with E-state index in [1.165, 1.54) is 6.42 Å². The van der Waals surface area contributed by atoms with Crippen LogP contribution in [0.5, 0.6) is 0 Å². The number of hydrogen-bond donors (Lipinski definition) is 2. The number of likely N-dealkylation sites (tertiary alicyclic amines) is 1. The molecule has 1 saturated heterocycles. The summed E-state index contributed by atoms with van der Waals surface area (Å²) in [6, 6.07) is -0.170. The third-order valence-electron chi connectivity index (χ3n) is 4.74. The first kappa shape index (κ1) is 16.7. The Labute approximate surface area is 127 Å². The zero-order valence-corrected chi connectivity index (χ0v) is 13.6. The molecule has 0 spiro atoms. The molecule has 122 valence electrons. The first-order chi connectivity index (χ1) is 9.86. The van der Waals surface area contributed by atoms with Gasteiger partial charge in [-0.2, -0.15) is 0 Å². The lowest BCUT2D eigenvalue weighted by atomic mass is 9.72. The molecule has 2 fully saturated rings. The van der Waals surface area contributed by atoms with E-state index in [-0.39, 0.29) is 11.9 Å². The van der Waals surface area contributed by atoms with Crippen molar-refractivity contribution >= 4 is 15.9 Å². The molecule has 0 radical (unpaired) electrons. The number of sulfonamides is 1. The molecule has 0 aromatic carbocycles. The van der Waals surface area contributed by atoms with Crippen LogP contribution in [-0.4, -0.2) is 51.2 Å². The van der Waals surface area contributed by atoms with E-state index in [1.54, 1.807) is 0 Å². The molecule has 1 heterocycles. The van der Waals surface area contributed by atoms with Gasteiger partial charge in [0, 0.05) is 25.7 Å². The Balaban J connectivity index is 2.04. The molecular formula is C14H27N3O3S. The van der Waals surface area contributed by atoms with Crippen LogP contribution >= 0.6 is 0 Å². The molecule has 6 nitrogen and oxygen atoms in total. The molecule has 1 unspecified atom stereocenters. The lowest BCUT2D eigenvalue weighted by Gasteiger charge is -2.42. The van der Waals surface area contributed by atoms with Crippen molar-refractivity contribution in [1.29, 1.82) is 0 Å². The topological polar surface area (TPSA) is 92.5 Å². The zero-order chi connectivity index (χ0) is 15.5. The molecule has 1 aliphatic heterocycles. The van der Waals surface area contributed by atoms with Gasteiger partial charge in [-0.3, -0.25) is 4.79 Å². The third-order valence-corrected chi connectivity index (χ3v) is 5.51.